The van der Waals surface area contributed by atoms with Crippen LogP contribution in [0.5, 0.6) is 0 Å². The predicted molar refractivity (Wildman–Crippen MR) is 67.4 cm³/mol. The minimum Gasteiger partial charge on any atom is -0.347 e. The van der Waals surface area contributed by atoms with Gasteiger partial charge in [-0.2, -0.15) is 4.68 Å². The monoisotopic (exact) mass is 313 g/mol. The molecule has 2 aromatic heterocycles. The summed E-state index contributed by atoms with van der Waals surface area (Å²) in [6.07, 6.45) is 1.45. The second-order valence-electron chi connectivity index (χ2n) is 3.09. The smallest absolute Gasteiger partial charge is 0.263 e. The van der Waals surface area contributed by atoms with Crippen molar-refractivity contribution in [3.8, 4) is 5.69 Å². The fourth-order valence-electron chi connectivity index (χ4n) is 1.18. The van der Waals surface area contributed by atoms with Crippen LogP contribution in [0, 0.1) is 0 Å². The number of nitrogens with one attached hydrogen (secondary N) is 1. The largest absolute Gasteiger partial charge is 0.347 e. The van der Waals surface area contributed by atoms with Gasteiger partial charge in [0.15, 0.2) is 0 Å². The van der Waals surface area contributed by atoms with Gasteiger partial charge in [-0.25, -0.2) is 0 Å². The van der Waals surface area contributed by atoms with E-state index in [0.717, 1.165) is 0 Å². The van der Waals surface area contributed by atoms with Crippen LogP contribution in [0.4, 0.5) is 0 Å². The van der Waals surface area contributed by atoms with E-state index in [0.29, 0.717) is 21.6 Å². The van der Waals surface area contributed by atoms with Crippen LogP contribution in [0.1, 0.15) is 9.67 Å². The Labute approximate surface area is 109 Å². The molecule has 17 heavy (non-hydrogen) atoms. The Morgan fingerprint density at radius 3 is 3.12 bits per heavy atom. The quantitative estimate of drug-likeness (QED) is 0.925. The second-order valence-corrected chi connectivity index (χ2v) is 5.13. The van der Waals surface area contributed by atoms with Gasteiger partial charge in [-0.15, -0.1) is 16.4 Å². The molecular formula is C9H8BrN5OS. The topological polar surface area (TPSA) is 72.7 Å². The molecule has 0 aliphatic heterocycles. The van der Waals surface area contributed by atoms with Crippen molar-refractivity contribution < 1.29 is 4.79 Å². The molecule has 0 bridgehead atoms. The van der Waals surface area contributed by atoms with Crippen LogP contribution in [0.15, 0.2) is 28.8 Å². The number of carbonyl (C=O) groups excluding carboxylic acids is 1. The van der Waals surface area contributed by atoms with Gasteiger partial charge in [0.05, 0.1) is 5.69 Å². The lowest BCUT2D eigenvalue weighted by Gasteiger charge is -2.04. The summed E-state index contributed by atoms with van der Waals surface area (Å²) in [5.41, 5.74) is 0.665. The number of thiophene rings is 1. The summed E-state index contributed by atoms with van der Waals surface area (Å²) < 4.78 is 2.17. The Kier molecular flexibility index (Phi) is 3.64. The molecule has 8 heteroatoms. The Morgan fingerprint density at radius 1 is 1.65 bits per heavy atom. The zero-order valence-corrected chi connectivity index (χ0v) is 11.0. The average molecular weight is 314 g/mol. The van der Waals surface area contributed by atoms with Gasteiger partial charge in [0.2, 0.25) is 0 Å². The zero-order valence-electron chi connectivity index (χ0n) is 8.63. The van der Waals surface area contributed by atoms with E-state index in [1.54, 1.807) is 6.07 Å². The van der Waals surface area contributed by atoms with Gasteiger partial charge < -0.3 is 5.32 Å². The molecule has 1 N–H and O–H groups in total. The van der Waals surface area contributed by atoms with Gasteiger partial charge in [-0.3, -0.25) is 4.79 Å². The molecular weight excluding hydrogens is 306 g/mol. The van der Waals surface area contributed by atoms with E-state index in [-0.39, 0.29) is 5.91 Å². The molecule has 6 nitrogen and oxygen atoms in total. The van der Waals surface area contributed by atoms with Gasteiger partial charge in [0.1, 0.15) is 11.2 Å². The molecule has 0 saturated heterocycles. The van der Waals surface area contributed by atoms with Crippen molar-refractivity contribution in [1.29, 1.82) is 0 Å². The number of amides is 1. The summed E-state index contributed by atoms with van der Waals surface area (Å²) in [4.78, 5) is 12.4. The number of tetrazole rings is 1. The van der Waals surface area contributed by atoms with Crippen molar-refractivity contribution in [2.24, 2.45) is 0 Å². The second kappa shape index (κ2) is 5.19. The van der Waals surface area contributed by atoms with Crippen LogP contribution in [0.2, 0.25) is 0 Å². The van der Waals surface area contributed by atoms with Crippen molar-refractivity contribution in [3.63, 3.8) is 0 Å². The van der Waals surface area contributed by atoms with E-state index in [1.807, 2.05) is 5.38 Å². The lowest BCUT2D eigenvalue weighted by molar-refractivity contribution is 0.0961. The highest BCUT2D eigenvalue weighted by Gasteiger charge is 2.15. The molecule has 2 rings (SSSR count). The van der Waals surface area contributed by atoms with Gasteiger partial charge in [0, 0.05) is 11.0 Å². The Hall–Kier alpha value is -1.54. The standard InChI is InChI=1S/C9H8BrN5OS/c1-6(10)4-11-9(16)8-7(2-3-17-8)15-5-12-13-14-15/h2-3,5H,1,4H2,(H,11,16). The third kappa shape index (κ3) is 2.77. The SMILES string of the molecule is C=C(Br)CNC(=O)c1sccc1-n1cnnn1. The average Bonchev–Trinajstić information content (AvgIpc) is 2.94. The maximum atomic E-state index is 11.9. The minimum atomic E-state index is -0.175. The maximum absolute atomic E-state index is 11.9. The van der Waals surface area contributed by atoms with Crippen LogP contribution in [0.3, 0.4) is 0 Å². The molecule has 0 aliphatic carbocycles. The van der Waals surface area contributed by atoms with E-state index < -0.39 is 0 Å². The first-order valence-corrected chi connectivity index (χ1v) is 6.28. The molecule has 1 amide bonds. The van der Waals surface area contributed by atoms with Crippen LogP contribution in [-0.4, -0.2) is 32.7 Å². The van der Waals surface area contributed by atoms with E-state index in [2.05, 4.69) is 43.4 Å². The number of rotatable bonds is 4. The molecule has 2 heterocycles. The third-order valence-electron chi connectivity index (χ3n) is 1.89. The molecule has 88 valence electrons. The Bertz CT molecular complexity index is 535. The molecule has 0 spiro atoms. The predicted octanol–water partition coefficient (Wildman–Crippen LogP) is 1.36. The molecule has 0 unspecified atom stereocenters. The van der Waals surface area contributed by atoms with Gasteiger partial charge in [0.25, 0.3) is 5.91 Å². The van der Waals surface area contributed by atoms with Crippen LogP contribution in [-0.2, 0) is 0 Å². The molecule has 2 aromatic rings. The summed E-state index contributed by atoms with van der Waals surface area (Å²) in [6.45, 7) is 4.03. The van der Waals surface area contributed by atoms with Crippen LogP contribution >= 0.6 is 27.3 Å². The normalized spacial score (nSPS) is 10.2. The molecule has 0 fully saturated rings. The molecule has 0 aliphatic rings. The van der Waals surface area contributed by atoms with E-state index >= 15 is 0 Å². The van der Waals surface area contributed by atoms with Crippen LogP contribution in [0.25, 0.3) is 5.69 Å². The Morgan fingerprint density at radius 2 is 2.47 bits per heavy atom. The van der Waals surface area contributed by atoms with Crippen molar-refractivity contribution in [1.82, 2.24) is 25.5 Å². The highest BCUT2D eigenvalue weighted by Crippen LogP contribution is 2.19. The molecule has 0 radical (unpaired) electrons. The Balaban J connectivity index is 2.19. The first kappa shape index (κ1) is 11.9. The first-order chi connectivity index (χ1) is 8.18. The molecule has 0 saturated carbocycles. The zero-order chi connectivity index (χ0) is 12.3. The van der Waals surface area contributed by atoms with Crippen molar-refractivity contribution in [3.05, 3.63) is 33.7 Å². The van der Waals surface area contributed by atoms with Gasteiger partial charge >= 0.3 is 0 Å². The van der Waals surface area contributed by atoms with E-state index in [1.165, 1.54) is 22.3 Å². The first-order valence-electron chi connectivity index (χ1n) is 4.61. The lowest BCUT2D eigenvalue weighted by atomic mass is 10.3. The summed E-state index contributed by atoms with van der Waals surface area (Å²) >= 11 is 4.51. The van der Waals surface area contributed by atoms with Crippen molar-refractivity contribution in [2.45, 2.75) is 0 Å². The number of halogens is 1. The maximum Gasteiger partial charge on any atom is 0.263 e. The molecule has 0 atom stereocenters. The fourth-order valence-corrected chi connectivity index (χ4v) is 2.12. The van der Waals surface area contributed by atoms with Crippen molar-refractivity contribution >= 4 is 33.2 Å². The van der Waals surface area contributed by atoms with Gasteiger partial charge in [-0.1, -0.05) is 22.5 Å². The highest BCUT2D eigenvalue weighted by molar-refractivity contribution is 9.11. The highest BCUT2D eigenvalue weighted by atomic mass is 79.9. The summed E-state index contributed by atoms with van der Waals surface area (Å²) in [6, 6.07) is 1.79. The number of aromatic nitrogens is 4. The van der Waals surface area contributed by atoms with E-state index in [9.17, 15) is 4.79 Å². The third-order valence-corrected chi connectivity index (χ3v) is 3.07. The number of hydrogen-bond donors (Lipinski definition) is 1. The number of hydrogen-bond acceptors (Lipinski definition) is 5. The molecule has 0 aromatic carbocycles. The minimum absolute atomic E-state index is 0.175. The summed E-state index contributed by atoms with van der Waals surface area (Å²) in [5, 5.41) is 15.4. The summed E-state index contributed by atoms with van der Waals surface area (Å²) in [7, 11) is 0. The summed E-state index contributed by atoms with van der Waals surface area (Å²) in [5.74, 6) is -0.175. The lowest BCUT2D eigenvalue weighted by Crippen LogP contribution is -2.24. The van der Waals surface area contributed by atoms with Gasteiger partial charge in [-0.05, 0) is 21.9 Å². The van der Waals surface area contributed by atoms with Crippen molar-refractivity contribution in [2.75, 3.05) is 6.54 Å². The van der Waals surface area contributed by atoms with Crippen LogP contribution < -0.4 is 5.32 Å². The van der Waals surface area contributed by atoms with E-state index in [4.69, 9.17) is 0 Å². The fraction of sp³-hybridized carbons (Fsp3) is 0.111. The number of carbonyl (C=O) groups is 1. The number of nitrogens with zero attached hydrogens (tertiary/aromatic N) is 4.